The molecule has 1 atom stereocenters. The summed E-state index contributed by atoms with van der Waals surface area (Å²) in [6.45, 7) is 2.79. The highest BCUT2D eigenvalue weighted by Crippen LogP contribution is 2.14. The third kappa shape index (κ3) is 3.84. The smallest absolute Gasteiger partial charge is 0.270 e. The van der Waals surface area contributed by atoms with Crippen LogP contribution < -0.4 is 5.32 Å². The maximum atomic E-state index is 12.1. The molecule has 3 rings (SSSR count). The van der Waals surface area contributed by atoms with E-state index in [1.807, 2.05) is 6.07 Å². The molecule has 5 heteroatoms. The second-order valence-electron chi connectivity index (χ2n) is 5.54. The number of likely N-dealkylation sites (tertiary alicyclic amines) is 1. The Morgan fingerprint density at radius 1 is 1.27 bits per heavy atom. The van der Waals surface area contributed by atoms with Gasteiger partial charge >= 0.3 is 0 Å². The molecule has 4 nitrogen and oxygen atoms in total. The van der Waals surface area contributed by atoms with Crippen molar-refractivity contribution in [1.29, 1.82) is 0 Å². The Morgan fingerprint density at radius 3 is 2.82 bits per heavy atom. The largest absolute Gasteiger partial charge is 0.347 e. The van der Waals surface area contributed by atoms with Crippen LogP contribution in [0.3, 0.4) is 0 Å². The first-order chi connectivity index (χ1) is 10.7. The Labute approximate surface area is 135 Å². The minimum absolute atomic E-state index is 0.136. The van der Waals surface area contributed by atoms with Crippen molar-refractivity contribution in [3.8, 4) is 0 Å². The lowest BCUT2D eigenvalue weighted by Gasteiger charge is -2.16. The zero-order valence-corrected chi connectivity index (χ0v) is 13.0. The van der Waals surface area contributed by atoms with Crippen LogP contribution in [0, 0.1) is 0 Å². The molecule has 2 aromatic rings. The van der Waals surface area contributed by atoms with E-state index in [1.165, 1.54) is 11.8 Å². The number of benzene rings is 1. The van der Waals surface area contributed by atoms with Crippen LogP contribution in [0.5, 0.6) is 0 Å². The van der Waals surface area contributed by atoms with Gasteiger partial charge in [0.25, 0.3) is 5.91 Å². The summed E-state index contributed by atoms with van der Waals surface area (Å²) in [7, 11) is 0. The van der Waals surface area contributed by atoms with Gasteiger partial charge in [0.2, 0.25) is 0 Å². The molecule has 0 radical (unpaired) electrons. The summed E-state index contributed by atoms with van der Waals surface area (Å²) in [6.07, 6.45) is 2.46. The van der Waals surface area contributed by atoms with E-state index in [0.717, 1.165) is 26.1 Å². The van der Waals surface area contributed by atoms with Crippen molar-refractivity contribution >= 4 is 17.5 Å². The molecule has 1 aliphatic rings. The number of aromatic nitrogens is 1. The summed E-state index contributed by atoms with van der Waals surface area (Å²) in [4.78, 5) is 18.5. The fourth-order valence-electron chi connectivity index (χ4n) is 2.71. The van der Waals surface area contributed by atoms with E-state index in [-0.39, 0.29) is 11.9 Å². The topological polar surface area (TPSA) is 45.2 Å². The van der Waals surface area contributed by atoms with Crippen LogP contribution >= 0.6 is 11.6 Å². The SMILES string of the molecule is O=C(NC1CCN(Cc2ccccc2)C1)c1ccc(Cl)cn1. The number of carbonyl (C=O) groups excluding carboxylic acids is 1. The van der Waals surface area contributed by atoms with E-state index in [0.29, 0.717) is 10.7 Å². The molecule has 1 N–H and O–H groups in total. The fraction of sp³-hybridized carbons (Fsp3) is 0.294. The summed E-state index contributed by atoms with van der Waals surface area (Å²) < 4.78 is 0. The van der Waals surface area contributed by atoms with Gasteiger partial charge in [-0.3, -0.25) is 9.69 Å². The van der Waals surface area contributed by atoms with Crippen molar-refractivity contribution in [2.24, 2.45) is 0 Å². The average molecular weight is 316 g/mol. The lowest BCUT2D eigenvalue weighted by Crippen LogP contribution is -2.37. The van der Waals surface area contributed by atoms with Crippen molar-refractivity contribution in [2.45, 2.75) is 19.0 Å². The van der Waals surface area contributed by atoms with Crippen LogP contribution in [0.1, 0.15) is 22.5 Å². The third-order valence-electron chi connectivity index (χ3n) is 3.82. The van der Waals surface area contributed by atoms with Crippen LogP contribution in [0.25, 0.3) is 0 Å². The molecule has 1 aromatic carbocycles. The van der Waals surface area contributed by atoms with Crippen molar-refractivity contribution in [1.82, 2.24) is 15.2 Å². The van der Waals surface area contributed by atoms with Gasteiger partial charge in [-0.15, -0.1) is 0 Å². The molecule has 1 fully saturated rings. The molecule has 1 saturated heterocycles. The van der Waals surface area contributed by atoms with Gasteiger partial charge in [0.1, 0.15) is 5.69 Å². The van der Waals surface area contributed by atoms with Crippen molar-refractivity contribution in [3.63, 3.8) is 0 Å². The Kier molecular flexibility index (Phi) is 4.71. The van der Waals surface area contributed by atoms with E-state index in [2.05, 4.69) is 39.5 Å². The highest BCUT2D eigenvalue weighted by Gasteiger charge is 2.24. The molecule has 1 aliphatic heterocycles. The average Bonchev–Trinajstić information content (AvgIpc) is 2.96. The summed E-state index contributed by atoms with van der Waals surface area (Å²) in [5.74, 6) is -0.136. The number of rotatable bonds is 4. The number of hydrogen-bond acceptors (Lipinski definition) is 3. The van der Waals surface area contributed by atoms with Gasteiger partial charge in [0.15, 0.2) is 0 Å². The quantitative estimate of drug-likeness (QED) is 0.943. The summed E-state index contributed by atoms with van der Waals surface area (Å²) in [6, 6.07) is 13.9. The predicted octanol–water partition coefficient (Wildman–Crippen LogP) is 2.74. The van der Waals surface area contributed by atoms with E-state index in [4.69, 9.17) is 11.6 Å². The zero-order valence-electron chi connectivity index (χ0n) is 12.2. The first kappa shape index (κ1) is 15.0. The Balaban J connectivity index is 1.52. The standard InChI is InChI=1S/C17H18ClN3O/c18-14-6-7-16(19-10-14)17(22)20-15-8-9-21(12-15)11-13-4-2-1-3-5-13/h1-7,10,15H,8-9,11-12H2,(H,20,22). The number of halogens is 1. The number of pyridine rings is 1. The van der Waals surface area contributed by atoms with Crippen LogP contribution in [-0.4, -0.2) is 34.9 Å². The molecule has 1 amide bonds. The molecule has 114 valence electrons. The molecule has 0 aliphatic carbocycles. The molecule has 0 saturated carbocycles. The molecule has 22 heavy (non-hydrogen) atoms. The van der Waals surface area contributed by atoms with Gasteiger partial charge in [0.05, 0.1) is 5.02 Å². The Hall–Kier alpha value is -1.91. The first-order valence-corrected chi connectivity index (χ1v) is 7.77. The second kappa shape index (κ2) is 6.90. The minimum Gasteiger partial charge on any atom is -0.347 e. The molecule has 0 bridgehead atoms. The second-order valence-corrected chi connectivity index (χ2v) is 5.98. The molecule has 2 heterocycles. The van der Waals surface area contributed by atoms with Crippen LogP contribution in [-0.2, 0) is 6.54 Å². The first-order valence-electron chi connectivity index (χ1n) is 7.39. The highest BCUT2D eigenvalue weighted by atomic mass is 35.5. The van der Waals surface area contributed by atoms with Crippen LogP contribution in [0.4, 0.5) is 0 Å². The number of nitrogens with one attached hydrogen (secondary N) is 1. The van der Waals surface area contributed by atoms with Crippen LogP contribution in [0.15, 0.2) is 48.7 Å². The van der Waals surface area contributed by atoms with E-state index in [1.54, 1.807) is 12.1 Å². The van der Waals surface area contributed by atoms with Crippen molar-refractivity contribution in [2.75, 3.05) is 13.1 Å². The van der Waals surface area contributed by atoms with Crippen molar-refractivity contribution < 1.29 is 4.79 Å². The number of carbonyl (C=O) groups is 1. The molecular weight excluding hydrogens is 298 g/mol. The summed E-state index contributed by atoms with van der Waals surface area (Å²) in [5, 5.41) is 3.58. The predicted molar refractivity (Wildman–Crippen MR) is 86.8 cm³/mol. The lowest BCUT2D eigenvalue weighted by molar-refractivity contribution is 0.0932. The van der Waals surface area contributed by atoms with Gasteiger partial charge in [-0.05, 0) is 24.1 Å². The maximum Gasteiger partial charge on any atom is 0.270 e. The lowest BCUT2D eigenvalue weighted by atomic mass is 10.2. The molecule has 1 unspecified atom stereocenters. The Morgan fingerprint density at radius 2 is 2.09 bits per heavy atom. The minimum atomic E-state index is -0.136. The van der Waals surface area contributed by atoms with E-state index in [9.17, 15) is 4.79 Å². The summed E-state index contributed by atoms with van der Waals surface area (Å²) >= 11 is 5.78. The van der Waals surface area contributed by atoms with E-state index < -0.39 is 0 Å². The number of amides is 1. The third-order valence-corrected chi connectivity index (χ3v) is 4.04. The highest BCUT2D eigenvalue weighted by molar-refractivity contribution is 6.30. The summed E-state index contributed by atoms with van der Waals surface area (Å²) in [5.41, 5.74) is 1.71. The fourth-order valence-corrected chi connectivity index (χ4v) is 2.82. The Bertz CT molecular complexity index is 630. The van der Waals surface area contributed by atoms with Gasteiger partial charge in [-0.2, -0.15) is 0 Å². The van der Waals surface area contributed by atoms with Gasteiger partial charge < -0.3 is 5.32 Å². The maximum absolute atomic E-state index is 12.1. The van der Waals surface area contributed by atoms with Gasteiger partial charge in [-0.1, -0.05) is 41.9 Å². The van der Waals surface area contributed by atoms with E-state index >= 15 is 0 Å². The monoisotopic (exact) mass is 315 g/mol. The molecular formula is C17H18ClN3O. The number of hydrogen-bond donors (Lipinski definition) is 1. The molecule has 0 spiro atoms. The number of nitrogens with zero attached hydrogens (tertiary/aromatic N) is 2. The van der Waals surface area contributed by atoms with Crippen molar-refractivity contribution in [3.05, 3.63) is 64.9 Å². The zero-order chi connectivity index (χ0) is 15.4. The van der Waals surface area contributed by atoms with Crippen LogP contribution in [0.2, 0.25) is 5.02 Å². The molecule has 1 aromatic heterocycles. The normalized spacial score (nSPS) is 18.3. The van der Waals surface area contributed by atoms with Gasteiger partial charge in [0, 0.05) is 31.9 Å². The van der Waals surface area contributed by atoms with Gasteiger partial charge in [-0.25, -0.2) is 4.98 Å².